The van der Waals surface area contributed by atoms with Crippen LogP contribution in [0.25, 0.3) is 0 Å². The number of carboxylic acids is 1. The third-order valence-corrected chi connectivity index (χ3v) is 4.45. The van der Waals surface area contributed by atoms with Crippen LogP contribution in [0.15, 0.2) is 6.07 Å². The number of carbonyl (C=O) groups is 1. The first-order valence-corrected chi connectivity index (χ1v) is 6.93. The molecule has 1 aliphatic rings. The lowest BCUT2D eigenvalue weighted by Gasteiger charge is -2.30. The van der Waals surface area contributed by atoms with Gasteiger partial charge in [-0.1, -0.05) is 6.92 Å². The summed E-state index contributed by atoms with van der Waals surface area (Å²) in [6.45, 7) is 7.48. The third-order valence-electron chi connectivity index (χ3n) is 3.37. The molecule has 4 heteroatoms. The van der Waals surface area contributed by atoms with E-state index in [4.69, 9.17) is 5.11 Å². The first-order valence-electron chi connectivity index (χ1n) is 6.11. The molecule has 2 rings (SSSR count). The average molecular weight is 253 g/mol. The molecule has 94 valence electrons. The summed E-state index contributed by atoms with van der Waals surface area (Å²) < 4.78 is 0. The Labute approximate surface area is 106 Å². The Bertz CT molecular complexity index is 414. The second-order valence-corrected chi connectivity index (χ2v) is 6.24. The van der Waals surface area contributed by atoms with Crippen LogP contribution in [0.5, 0.6) is 0 Å². The smallest absolute Gasteiger partial charge is 0.345 e. The van der Waals surface area contributed by atoms with Crippen molar-refractivity contribution in [2.24, 2.45) is 5.92 Å². The molecule has 0 aromatic carbocycles. The topological polar surface area (TPSA) is 40.5 Å². The van der Waals surface area contributed by atoms with Crippen LogP contribution in [0.3, 0.4) is 0 Å². The average Bonchev–Trinajstić information content (AvgIpc) is 2.61. The van der Waals surface area contributed by atoms with E-state index in [0.29, 0.717) is 4.88 Å². The molecule has 1 aromatic rings. The highest BCUT2D eigenvalue weighted by atomic mass is 32.1. The summed E-state index contributed by atoms with van der Waals surface area (Å²) in [6.07, 6.45) is 2.58. The summed E-state index contributed by atoms with van der Waals surface area (Å²) in [7, 11) is 0. The van der Waals surface area contributed by atoms with E-state index in [1.807, 2.05) is 13.0 Å². The van der Waals surface area contributed by atoms with E-state index in [-0.39, 0.29) is 0 Å². The molecular formula is C13H19NO2S. The van der Waals surface area contributed by atoms with Crippen molar-refractivity contribution >= 4 is 17.3 Å². The molecule has 2 heterocycles. The molecule has 0 amide bonds. The third kappa shape index (κ3) is 3.07. The van der Waals surface area contributed by atoms with Crippen molar-refractivity contribution in [2.75, 3.05) is 13.1 Å². The molecular weight excluding hydrogens is 234 g/mol. The van der Waals surface area contributed by atoms with Crippen LogP contribution in [0.1, 0.15) is 39.9 Å². The van der Waals surface area contributed by atoms with Crippen molar-refractivity contribution < 1.29 is 9.90 Å². The molecule has 17 heavy (non-hydrogen) atoms. The Morgan fingerprint density at radius 3 is 3.00 bits per heavy atom. The number of hydrogen-bond acceptors (Lipinski definition) is 3. The van der Waals surface area contributed by atoms with Gasteiger partial charge in [-0.2, -0.15) is 0 Å². The highest BCUT2D eigenvalue weighted by Gasteiger charge is 2.18. The molecule has 1 aliphatic heterocycles. The maximum absolute atomic E-state index is 10.9. The van der Waals surface area contributed by atoms with Gasteiger partial charge in [-0.25, -0.2) is 4.79 Å². The molecule has 1 atom stereocenters. The molecule has 0 bridgehead atoms. The molecule has 1 aromatic heterocycles. The SMILES string of the molecule is Cc1sc(C(=O)O)cc1CN1CCCC(C)C1. The van der Waals surface area contributed by atoms with Gasteiger partial charge in [0.2, 0.25) is 0 Å². The number of nitrogens with zero attached hydrogens (tertiary/aromatic N) is 1. The zero-order valence-corrected chi connectivity index (χ0v) is 11.2. The Morgan fingerprint density at radius 1 is 1.65 bits per heavy atom. The van der Waals surface area contributed by atoms with Gasteiger partial charge >= 0.3 is 5.97 Å². The van der Waals surface area contributed by atoms with Gasteiger partial charge < -0.3 is 5.11 Å². The molecule has 1 saturated heterocycles. The van der Waals surface area contributed by atoms with Crippen molar-refractivity contribution in [3.8, 4) is 0 Å². The van der Waals surface area contributed by atoms with E-state index >= 15 is 0 Å². The largest absolute Gasteiger partial charge is 0.477 e. The van der Waals surface area contributed by atoms with Crippen molar-refractivity contribution in [1.82, 2.24) is 4.90 Å². The minimum Gasteiger partial charge on any atom is -0.477 e. The highest BCUT2D eigenvalue weighted by Crippen LogP contribution is 2.25. The second-order valence-electron chi connectivity index (χ2n) is 4.98. The van der Waals surface area contributed by atoms with E-state index < -0.39 is 5.97 Å². The van der Waals surface area contributed by atoms with Crippen molar-refractivity contribution in [3.05, 3.63) is 21.4 Å². The van der Waals surface area contributed by atoms with Gasteiger partial charge in [0.25, 0.3) is 0 Å². The number of thiophene rings is 1. The van der Waals surface area contributed by atoms with Gasteiger partial charge in [0.15, 0.2) is 0 Å². The summed E-state index contributed by atoms with van der Waals surface area (Å²) in [5.74, 6) is -0.0435. The normalized spacial score (nSPS) is 21.6. The van der Waals surface area contributed by atoms with Gasteiger partial charge in [-0.3, -0.25) is 4.90 Å². The monoisotopic (exact) mass is 253 g/mol. The highest BCUT2D eigenvalue weighted by molar-refractivity contribution is 7.14. The zero-order valence-electron chi connectivity index (χ0n) is 10.4. The zero-order chi connectivity index (χ0) is 12.4. The lowest BCUT2D eigenvalue weighted by Crippen LogP contribution is -2.33. The first-order chi connectivity index (χ1) is 8.06. The van der Waals surface area contributed by atoms with Gasteiger partial charge in [-0.05, 0) is 43.9 Å². The number of aryl methyl sites for hydroxylation is 1. The van der Waals surface area contributed by atoms with E-state index in [1.165, 1.54) is 29.7 Å². The summed E-state index contributed by atoms with van der Waals surface area (Å²) in [5.41, 5.74) is 1.18. The summed E-state index contributed by atoms with van der Waals surface area (Å²) in [5, 5.41) is 8.97. The fraction of sp³-hybridized carbons (Fsp3) is 0.615. The molecule has 0 spiro atoms. The first kappa shape index (κ1) is 12.6. The predicted octanol–water partition coefficient (Wildman–Crippen LogP) is 2.99. The molecule has 1 fully saturated rings. The standard InChI is InChI=1S/C13H19NO2S/c1-9-4-3-5-14(7-9)8-11-6-12(13(15)16)17-10(11)2/h6,9H,3-5,7-8H2,1-2H3,(H,15,16). The number of aromatic carboxylic acids is 1. The molecule has 0 aliphatic carbocycles. The molecule has 1 N–H and O–H groups in total. The fourth-order valence-electron chi connectivity index (χ4n) is 2.45. The Morgan fingerprint density at radius 2 is 2.41 bits per heavy atom. The second kappa shape index (κ2) is 5.19. The van der Waals surface area contributed by atoms with Crippen LogP contribution in [0.2, 0.25) is 0 Å². The van der Waals surface area contributed by atoms with Gasteiger partial charge in [0, 0.05) is 18.0 Å². The lowest BCUT2D eigenvalue weighted by atomic mass is 10.00. The Kier molecular flexibility index (Phi) is 3.84. The lowest BCUT2D eigenvalue weighted by molar-refractivity contribution is 0.0702. The maximum atomic E-state index is 10.9. The van der Waals surface area contributed by atoms with Crippen LogP contribution in [-0.4, -0.2) is 29.1 Å². The van der Waals surface area contributed by atoms with E-state index in [9.17, 15) is 4.79 Å². The molecule has 0 saturated carbocycles. The minimum absolute atomic E-state index is 0.461. The van der Waals surface area contributed by atoms with Crippen LogP contribution >= 0.6 is 11.3 Å². The summed E-state index contributed by atoms with van der Waals surface area (Å²) in [4.78, 5) is 14.9. The predicted molar refractivity (Wildman–Crippen MR) is 69.7 cm³/mol. The van der Waals surface area contributed by atoms with Gasteiger partial charge in [-0.15, -0.1) is 11.3 Å². The van der Waals surface area contributed by atoms with Crippen molar-refractivity contribution in [2.45, 2.75) is 33.2 Å². The van der Waals surface area contributed by atoms with E-state index in [1.54, 1.807) is 0 Å². The van der Waals surface area contributed by atoms with Gasteiger partial charge in [0.05, 0.1) is 0 Å². The fourth-order valence-corrected chi connectivity index (χ4v) is 3.33. The van der Waals surface area contributed by atoms with Crippen molar-refractivity contribution in [1.29, 1.82) is 0 Å². The van der Waals surface area contributed by atoms with E-state index in [2.05, 4.69) is 11.8 Å². The maximum Gasteiger partial charge on any atom is 0.345 e. The summed E-state index contributed by atoms with van der Waals surface area (Å²) >= 11 is 1.39. The number of rotatable bonds is 3. The Balaban J connectivity index is 2.05. The van der Waals surface area contributed by atoms with Crippen LogP contribution in [0, 0.1) is 12.8 Å². The minimum atomic E-state index is -0.809. The Hall–Kier alpha value is -0.870. The van der Waals surface area contributed by atoms with Crippen molar-refractivity contribution in [3.63, 3.8) is 0 Å². The number of piperidine rings is 1. The number of likely N-dealkylation sites (tertiary alicyclic amines) is 1. The molecule has 3 nitrogen and oxygen atoms in total. The number of carboxylic acid groups (broad SMARTS) is 1. The quantitative estimate of drug-likeness (QED) is 0.900. The van der Waals surface area contributed by atoms with Crippen LogP contribution < -0.4 is 0 Å². The summed E-state index contributed by atoms with van der Waals surface area (Å²) in [6, 6.07) is 1.83. The van der Waals surface area contributed by atoms with Crippen LogP contribution in [-0.2, 0) is 6.54 Å². The van der Waals surface area contributed by atoms with E-state index in [0.717, 1.165) is 30.4 Å². The molecule has 1 unspecified atom stereocenters. The number of hydrogen-bond donors (Lipinski definition) is 1. The van der Waals surface area contributed by atoms with Gasteiger partial charge in [0.1, 0.15) is 4.88 Å². The van der Waals surface area contributed by atoms with Crippen LogP contribution in [0.4, 0.5) is 0 Å². The molecule has 0 radical (unpaired) electrons.